The van der Waals surface area contributed by atoms with Crippen LogP contribution in [0.3, 0.4) is 0 Å². The SMILES string of the molecule is O=C(Oc1ccc(Cl)cc1)N1CCc2c([nH]c3ccc(Cl)cc23)[C@@H]1c1ccc(Oc2ncccn2)cc1. The summed E-state index contributed by atoms with van der Waals surface area (Å²) in [7, 11) is 0. The van der Waals surface area contributed by atoms with Gasteiger partial charge in [-0.1, -0.05) is 35.3 Å². The summed E-state index contributed by atoms with van der Waals surface area (Å²) < 4.78 is 11.5. The fraction of sp³-hybridized carbons (Fsp3) is 0.107. The topological polar surface area (TPSA) is 80.3 Å². The molecule has 37 heavy (non-hydrogen) atoms. The number of amides is 1. The molecule has 0 bridgehead atoms. The van der Waals surface area contributed by atoms with Gasteiger partial charge in [0.25, 0.3) is 0 Å². The van der Waals surface area contributed by atoms with Crippen molar-refractivity contribution in [3.8, 4) is 17.5 Å². The maximum atomic E-state index is 13.4. The molecule has 1 amide bonds. The molecule has 1 N–H and O–H groups in total. The van der Waals surface area contributed by atoms with E-state index in [0.717, 1.165) is 27.7 Å². The Labute approximate surface area is 222 Å². The first-order chi connectivity index (χ1) is 18.0. The molecule has 0 spiro atoms. The number of ether oxygens (including phenoxy) is 2. The van der Waals surface area contributed by atoms with Crippen LogP contribution >= 0.6 is 23.2 Å². The molecule has 0 saturated carbocycles. The standard InChI is InChI=1S/C28H20Cl2N4O3/c29-18-4-9-21(10-5-18)37-28(35)34-15-12-22-23-16-19(30)6-11-24(23)33-25(22)26(34)17-2-7-20(8-3-17)36-27-31-13-1-14-32-27/h1-11,13-14,16,26,33H,12,15H2/t26-/m0/s1. The van der Waals surface area contributed by atoms with Crippen molar-refractivity contribution in [1.82, 2.24) is 19.9 Å². The summed E-state index contributed by atoms with van der Waals surface area (Å²) in [5, 5.41) is 2.29. The summed E-state index contributed by atoms with van der Waals surface area (Å²) in [5.74, 6) is 1.01. The van der Waals surface area contributed by atoms with E-state index in [1.807, 2.05) is 42.5 Å². The van der Waals surface area contributed by atoms with E-state index in [0.29, 0.717) is 34.5 Å². The molecule has 7 nitrogen and oxygen atoms in total. The molecular weight excluding hydrogens is 511 g/mol. The number of aromatic amines is 1. The smallest absolute Gasteiger partial charge is 0.416 e. The van der Waals surface area contributed by atoms with Gasteiger partial charge in [-0.3, -0.25) is 4.90 Å². The molecule has 2 aromatic heterocycles. The summed E-state index contributed by atoms with van der Waals surface area (Å²) in [6, 6.07) is 21.6. The Morgan fingerprint density at radius 3 is 2.38 bits per heavy atom. The molecule has 0 saturated heterocycles. The van der Waals surface area contributed by atoms with E-state index in [9.17, 15) is 4.79 Å². The number of hydrogen-bond donors (Lipinski definition) is 1. The van der Waals surface area contributed by atoms with Crippen molar-refractivity contribution in [2.75, 3.05) is 6.54 Å². The second-order valence-electron chi connectivity index (χ2n) is 8.58. The predicted octanol–water partition coefficient (Wildman–Crippen LogP) is 7.20. The van der Waals surface area contributed by atoms with Crippen molar-refractivity contribution < 1.29 is 14.3 Å². The second kappa shape index (κ2) is 9.76. The van der Waals surface area contributed by atoms with Crippen LogP contribution in [0.1, 0.15) is 22.9 Å². The van der Waals surface area contributed by atoms with Gasteiger partial charge >= 0.3 is 12.1 Å². The molecule has 0 unspecified atom stereocenters. The lowest BCUT2D eigenvalue weighted by atomic mass is 9.92. The van der Waals surface area contributed by atoms with Gasteiger partial charge in [0.05, 0.1) is 0 Å². The quantitative estimate of drug-likeness (QED) is 0.265. The monoisotopic (exact) mass is 530 g/mol. The van der Waals surface area contributed by atoms with Crippen LogP contribution in [0.4, 0.5) is 4.79 Å². The molecule has 0 aliphatic carbocycles. The largest absolute Gasteiger partial charge is 0.424 e. The Bertz CT molecular complexity index is 1570. The second-order valence-corrected chi connectivity index (χ2v) is 9.45. The molecule has 9 heteroatoms. The van der Waals surface area contributed by atoms with Gasteiger partial charge in [0.15, 0.2) is 0 Å². The highest BCUT2D eigenvalue weighted by Gasteiger charge is 2.35. The molecular formula is C28H20Cl2N4O3. The van der Waals surface area contributed by atoms with Gasteiger partial charge in [-0.05, 0) is 78.2 Å². The zero-order chi connectivity index (χ0) is 25.4. The third kappa shape index (κ3) is 4.71. The number of carbonyl (C=O) groups is 1. The lowest BCUT2D eigenvalue weighted by Gasteiger charge is -2.35. The number of carbonyl (C=O) groups excluding carboxylic acids is 1. The van der Waals surface area contributed by atoms with E-state index in [-0.39, 0.29) is 6.01 Å². The molecule has 1 atom stereocenters. The third-order valence-electron chi connectivity index (χ3n) is 6.29. The highest BCUT2D eigenvalue weighted by Crippen LogP contribution is 2.40. The Balaban J connectivity index is 1.37. The first-order valence-corrected chi connectivity index (χ1v) is 12.4. The van der Waals surface area contributed by atoms with Gasteiger partial charge in [-0.2, -0.15) is 0 Å². The number of rotatable bonds is 4. The number of nitrogens with zero attached hydrogens (tertiary/aromatic N) is 3. The number of halogens is 2. The summed E-state index contributed by atoms with van der Waals surface area (Å²) in [6.07, 6.45) is 3.45. The van der Waals surface area contributed by atoms with Crippen molar-refractivity contribution in [2.45, 2.75) is 12.5 Å². The minimum absolute atomic E-state index is 0.260. The van der Waals surface area contributed by atoms with E-state index in [1.165, 1.54) is 0 Å². The van der Waals surface area contributed by atoms with E-state index in [1.54, 1.807) is 47.6 Å². The van der Waals surface area contributed by atoms with Gasteiger partial charge in [0.1, 0.15) is 17.5 Å². The number of aromatic nitrogens is 3. The zero-order valence-electron chi connectivity index (χ0n) is 19.4. The van der Waals surface area contributed by atoms with Crippen molar-refractivity contribution in [3.05, 3.63) is 112 Å². The van der Waals surface area contributed by atoms with E-state index in [2.05, 4.69) is 15.0 Å². The van der Waals surface area contributed by atoms with Crippen LogP contribution in [0.15, 0.2) is 85.2 Å². The molecule has 1 aliphatic heterocycles. The predicted molar refractivity (Wildman–Crippen MR) is 142 cm³/mol. The highest BCUT2D eigenvalue weighted by atomic mass is 35.5. The van der Waals surface area contributed by atoms with Gasteiger partial charge in [0, 0.05) is 45.6 Å². The van der Waals surface area contributed by atoms with Gasteiger partial charge in [0.2, 0.25) is 0 Å². The van der Waals surface area contributed by atoms with Gasteiger partial charge < -0.3 is 14.5 Å². The van der Waals surface area contributed by atoms with E-state index in [4.69, 9.17) is 32.7 Å². The van der Waals surface area contributed by atoms with Crippen LogP contribution in [0.2, 0.25) is 10.0 Å². The summed E-state index contributed by atoms with van der Waals surface area (Å²) in [6.45, 7) is 0.472. The number of nitrogens with one attached hydrogen (secondary N) is 1. The third-order valence-corrected chi connectivity index (χ3v) is 6.78. The Morgan fingerprint density at radius 1 is 0.919 bits per heavy atom. The van der Waals surface area contributed by atoms with Gasteiger partial charge in [-0.15, -0.1) is 0 Å². The molecule has 6 rings (SSSR count). The molecule has 184 valence electrons. The maximum Gasteiger partial charge on any atom is 0.416 e. The molecule has 3 heterocycles. The number of H-pyrrole nitrogens is 1. The van der Waals surface area contributed by atoms with Crippen molar-refractivity contribution in [1.29, 1.82) is 0 Å². The normalized spacial score (nSPS) is 14.9. The lowest BCUT2D eigenvalue weighted by molar-refractivity contribution is 0.135. The van der Waals surface area contributed by atoms with E-state index < -0.39 is 12.1 Å². The molecule has 5 aromatic rings. The maximum absolute atomic E-state index is 13.4. The average Bonchev–Trinajstić information content (AvgIpc) is 3.28. The van der Waals surface area contributed by atoms with Crippen LogP contribution in [0, 0.1) is 0 Å². The Kier molecular flexibility index (Phi) is 6.16. The fourth-order valence-electron chi connectivity index (χ4n) is 4.63. The minimum atomic E-state index is -0.451. The Hall–Kier alpha value is -4.07. The highest BCUT2D eigenvalue weighted by molar-refractivity contribution is 6.31. The molecule has 0 radical (unpaired) electrons. The zero-order valence-corrected chi connectivity index (χ0v) is 20.9. The Morgan fingerprint density at radius 2 is 1.62 bits per heavy atom. The van der Waals surface area contributed by atoms with Crippen molar-refractivity contribution in [3.63, 3.8) is 0 Å². The molecule has 1 aliphatic rings. The van der Waals surface area contributed by atoms with Crippen molar-refractivity contribution >= 4 is 40.2 Å². The molecule has 0 fully saturated rings. The minimum Gasteiger partial charge on any atom is -0.424 e. The number of hydrogen-bond acceptors (Lipinski definition) is 5. The fourth-order valence-corrected chi connectivity index (χ4v) is 4.93. The average molecular weight is 531 g/mol. The van der Waals surface area contributed by atoms with Gasteiger partial charge in [-0.25, -0.2) is 14.8 Å². The van der Waals surface area contributed by atoms with Crippen LogP contribution in [-0.4, -0.2) is 32.5 Å². The van der Waals surface area contributed by atoms with Crippen LogP contribution in [0.5, 0.6) is 17.5 Å². The first kappa shape index (κ1) is 23.3. The summed E-state index contributed by atoms with van der Waals surface area (Å²) >= 11 is 12.3. The molecule has 3 aromatic carbocycles. The summed E-state index contributed by atoms with van der Waals surface area (Å²) in [5.41, 5.74) is 3.93. The van der Waals surface area contributed by atoms with E-state index >= 15 is 0 Å². The number of benzene rings is 3. The summed E-state index contributed by atoms with van der Waals surface area (Å²) in [4.78, 5) is 26.9. The van der Waals surface area contributed by atoms with Crippen LogP contribution in [0.25, 0.3) is 10.9 Å². The number of fused-ring (bicyclic) bond motifs is 3. The lowest BCUT2D eigenvalue weighted by Crippen LogP contribution is -2.42. The van der Waals surface area contributed by atoms with Crippen LogP contribution < -0.4 is 9.47 Å². The first-order valence-electron chi connectivity index (χ1n) is 11.6. The van der Waals surface area contributed by atoms with Crippen LogP contribution in [-0.2, 0) is 6.42 Å². The van der Waals surface area contributed by atoms with Crippen molar-refractivity contribution in [2.24, 2.45) is 0 Å².